The van der Waals surface area contributed by atoms with Gasteiger partial charge in [0.1, 0.15) is 5.82 Å². The molecule has 100 valence electrons. The summed E-state index contributed by atoms with van der Waals surface area (Å²) in [6.45, 7) is 0.703. The number of nitrogens with one attached hydrogen (secondary N) is 1. The highest BCUT2D eigenvalue weighted by Gasteiger charge is 2.06. The first kappa shape index (κ1) is 15.1. The van der Waals surface area contributed by atoms with Crippen LogP contribution >= 0.6 is 15.9 Å². The molecule has 0 aliphatic carbocycles. The maximum absolute atomic E-state index is 12.9. The van der Waals surface area contributed by atoms with Crippen molar-refractivity contribution >= 4 is 27.5 Å². The number of anilines is 1. The highest BCUT2D eigenvalue weighted by Crippen LogP contribution is 2.23. The van der Waals surface area contributed by atoms with Crippen molar-refractivity contribution in [3.05, 3.63) is 28.5 Å². The van der Waals surface area contributed by atoms with Crippen molar-refractivity contribution in [1.29, 1.82) is 0 Å². The van der Waals surface area contributed by atoms with E-state index < -0.39 is 0 Å². The van der Waals surface area contributed by atoms with Crippen molar-refractivity contribution in [2.24, 2.45) is 5.73 Å². The van der Waals surface area contributed by atoms with Gasteiger partial charge in [-0.15, -0.1) is 0 Å². The van der Waals surface area contributed by atoms with E-state index in [9.17, 15) is 9.18 Å². The molecule has 0 fully saturated rings. The van der Waals surface area contributed by atoms with Crippen LogP contribution in [0.2, 0.25) is 0 Å². The highest BCUT2D eigenvalue weighted by molar-refractivity contribution is 9.10. The minimum absolute atomic E-state index is 0.0462. The Balaban J connectivity index is 2.31. The maximum atomic E-state index is 12.9. The predicted molar refractivity (Wildman–Crippen MR) is 74.9 cm³/mol. The van der Waals surface area contributed by atoms with Crippen molar-refractivity contribution in [3.8, 4) is 0 Å². The normalized spacial score (nSPS) is 10.4. The average Bonchev–Trinajstić information content (AvgIpc) is 2.32. The van der Waals surface area contributed by atoms with Crippen molar-refractivity contribution in [3.63, 3.8) is 0 Å². The molecule has 3 N–H and O–H groups in total. The fraction of sp³-hybridized carbons (Fsp3) is 0.462. The lowest BCUT2D eigenvalue weighted by molar-refractivity contribution is -0.116. The van der Waals surface area contributed by atoms with E-state index in [1.807, 2.05) is 0 Å². The number of hydrogen-bond donors (Lipinski definition) is 2. The zero-order valence-electron chi connectivity index (χ0n) is 10.2. The summed E-state index contributed by atoms with van der Waals surface area (Å²) in [4.78, 5) is 11.6. The summed E-state index contributed by atoms with van der Waals surface area (Å²) in [7, 11) is 0. The largest absolute Gasteiger partial charge is 0.330 e. The van der Waals surface area contributed by atoms with Gasteiger partial charge < -0.3 is 11.1 Å². The summed E-state index contributed by atoms with van der Waals surface area (Å²) in [5, 5.41) is 2.75. The Bertz CT molecular complexity index is 399. The molecule has 0 heterocycles. The molecule has 0 unspecified atom stereocenters. The van der Waals surface area contributed by atoms with Crippen LogP contribution in [-0.2, 0) is 4.79 Å². The van der Waals surface area contributed by atoms with Gasteiger partial charge in [-0.1, -0.05) is 12.8 Å². The first-order valence-electron chi connectivity index (χ1n) is 6.08. The topological polar surface area (TPSA) is 55.1 Å². The van der Waals surface area contributed by atoms with Crippen molar-refractivity contribution in [1.82, 2.24) is 0 Å². The molecule has 0 bridgehead atoms. The molecule has 0 aliphatic heterocycles. The molecule has 0 aromatic heterocycles. The van der Waals surface area contributed by atoms with Gasteiger partial charge in [0.2, 0.25) is 5.91 Å². The summed E-state index contributed by atoms with van der Waals surface area (Å²) in [5.41, 5.74) is 5.99. The number of halogens is 2. The lowest BCUT2D eigenvalue weighted by Crippen LogP contribution is -2.11. The molecule has 0 atom stereocenters. The second-order valence-electron chi connectivity index (χ2n) is 4.13. The van der Waals surface area contributed by atoms with Crippen LogP contribution in [-0.4, -0.2) is 12.5 Å². The van der Waals surface area contributed by atoms with Crippen LogP contribution in [0.15, 0.2) is 22.7 Å². The molecule has 1 rings (SSSR count). The molecule has 3 nitrogen and oxygen atoms in total. The van der Waals surface area contributed by atoms with Crippen molar-refractivity contribution in [2.75, 3.05) is 11.9 Å². The number of carbonyl (C=O) groups is 1. The Morgan fingerprint density at radius 2 is 2.00 bits per heavy atom. The highest BCUT2D eigenvalue weighted by atomic mass is 79.9. The van der Waals surface area contributed by atoms with E-state index in [1.54, 1.807) is 6.07 Å². The standard InChI is InChI=1S/C13H18BrFN2O/c14-11-9-10(15)6-7-12(11)17-13(18)5-3-1-2-4-8-16/h6-7,9H,1-5,8,16H2,(H,17,18). The third-order valence-corrected chi connectivity index (χ3v) is 3.22. The number of rotatable bonds is 7. The van der Waals surface area contributed by atoms with Gasteiger partial charge in [0, 0.05) is 10.9 Å². The fourth-order valence-electron chi connectivity index (χ4n) is 1.59. The lowest BCUT2D eigenvalue weighted by Gasteiger charge is -2.07. The van der Waals surface area contributed by atoms with Crippen LogP contribution in [0.5, 0.6) is 0 Å². The van der Waals surface area contributed by atoms with Crippen molar-refractivity contribution in [2.45, 2.75) is 32.1 Å². The van der Waals surface area contributed by atoms with E-state index in [-0.39, 0.29) is 11.7 Å². The quantitative estimate of drug-likeness (QED) is 0.757. The summed E-state index contributed by atoms with van der Waals surface area (Å²) in [6, 6.07) is 4.20. The van der Waals surface area contributed by atoms with Crippen LogP contribution in [0.25, 0.3) is 0 Å². The van der Waals surface area contributed by atoms with Crippen LogP contribution in [0, 0.1) is 5.82 Å². The third-order valence-electron chi connectivity index (χ3n) is 2.56. The van der Waals surface area contributed by atoms with E-state index in [0.29, 0.717) is 23.1 Å². The second kappa shape index (κ2) is 8.21. The van der Waals surface area contributed by atoms with Gasteiger partial charge in [0.25, 0.3) is 0 Å². The Morgan fingerprint density at radius 1 is 1.28 bits per heavy atom. The number of hydrogen-bond acceptors (Lipinski definition) is 2. The van der Waals surface area contributed by atoms with Gasteiger partial charge in [-0.05, 0) is 53.5 Å². The molecule has 0 saturated heterocycles. The van der Waals surface area contributed by atoms with Gasteiger partial charge in [-0.2, -0.15) is 0 Å². The first-order chi connectivity index (χ1) is 8.63. The molecule has 1 amide bonds. The monoisotopic (exact) mass is 316 g/mol. The Hall–Kier alpha value is -0.940. The molecule has 1 aromatic rings. The number of amides is 1. The second-order valence-corrected chi connectivity index (χ2v) is 4.98. The van der Waals surface area contributed by atoms with Gasteiger partial charge in [-0.25, -0.2) is 4.39 Å². The molecule has 18 heavy (non-hydrogen) atoms. The zero-order chi connectivity index (χ0) is 13.4. The summed E-state index contributed by atoms with van der Waals surface area (Å²) >= 11 is 3.21. The molecular weight excluding hydrogens is 299 g/mol. The SMILES string of the molecule is NCCCCCCC(=O)Nc1ccc(F)cc1Br. The maximum Gasteiger partial charge on any atom is 0.224 e. The molecule has 0 radical (unpaired) electrons. The van der Waals surface area contributed by atoms with Crippen molar-refractivity contribution < 1.29 is 9.18 Å². The molecule has 1 aromatic carbocycles. The van der Waals surface area contributed by atoms with Crippen LogP contribution in [0.1, 0.15) is 32.1 Å². The smallest absolute Gasteiger partial charge is 0.224 e. The van der Waals surface area contributed by atoms with Crippen LogP contribution in [0.4, 0.5) is 10.1 Å². The predicted octanol–water partition coefficient (Wildman–Crippen LogP) is 3.44. The molecule has 0 saturated carbocycles. The number of unbranched alkanes of at least 4 members (excludes halogenated alkanes) is 3. The first-order valence-corrected chi connectivity index (χ1v) is 6.87. The molecule has 5 heteroatoms. The van der Waals surface area contributed by atoms with E-state index in [2.05, 4.69) is 21.2 Å². The lowest BCUT2D eigenvalue weighted by atomic mass is 10.1. The summed E-state index contributed by atoms with van der Waals surface area (Å²) in [6.07, 6.45) is 4.41. The van der Waals surface area contributed by atoms with Crippen LogP contribution < -0.4 is 11.1 Å². The number of carbonyl (C=O) groups excluding carboxylic acids is 1. The fourth-order valence-corrected chi connectivity index (χ4v) is 2.04. The van der Waals surface area contributed by atoms with Gasteiger partial charge >= 0.3 is 0 Å². The Kier molecular flexibility index (Phi) is 6.90. The minimum Gasteiger partial charge on any atom is -0.330 e. The van der Waals surface area contributed by atoms with E-state index in [4.69, 9.17) is 5.73 Å². The minimum atomic E-state index is -0.332. The van der Waals surface area contributed by atoms with Gasteiger partial charge in [0.15, 0.2) is 0 Å². The summed E-state index contributed by atoms with van der Waals surface area (Å²) < 4.78 is 13.4. The number of nitrogens with two attached hydrogens (primary N) is 1. The Morgan fingerprint density at radius 3 is 2.67 bits per heavy atom. The van der Waals surface area contributed by atoms with E-state index in [1.165, 1.54) is 12.1 Å². The van der Waals surface area contributed by atoms with Gasteiger partial charge in [-0.3, -0.25) is 4.79 Å². The Labute approximate surface area is 115 Å². The third kappa shape index (κ3) is 5.60. The van der Waals surface area contributed by atoms with E-state index >= 15 is 0 Å². The van der Waals surface area contributed by atoms with Crippen LogP contribution in [0.3, 0.4) is 0 Å². The summed E-state index contributed by atoms with van der Waals surface area (Å²) in [5.74, 6) is -0.378. The van der Waals surface area contributed by atoms with E-state index in [0.717, 1.165) is 25.7 Å². The molecule has 0 aliphatic rings. The zero-order valence-corrected chi connectivity index (χ0v) is 11.8. The van der Waals surface area contributed by atoms with Gasteiger partial charge in [0.05, 0.1) is 5.69 Å². The number of benzene rings is 1. The molecule has 0 spiro atoms. The molecular formula is C13H18BrFN2O. The average molecular weight is 317 g/mol.